The highest BCUT2D eigenvalue weighted by atomic mass is 32.1. The van der Waals surface area contributed by atoms with Gasteiger partial charge in [0.15, 0.2) is 0 Å². The van der Waals surface area contributed by atoms with Crippen molar-refractivity contribution in [2.75, 3.05) is 0 Å². The first-order valence-corrected chi connectivity index (χ1v) is 3.35. The third kappa shape index (κ3) is 1.42. The fourth-order valence-corrected chi connectivity index (χ4v) is 0.748. The Hall–Kier alpha value is -0.700. The van der Waals surface area contributed by atoms with E-state index in [1.807, 2.05) is 19.9 Å². The largest absolute Gasteiger partial charge is 0.409 e. The number of hydrogen-bond acceptors (Lipinski definition) is 3. The monoisotopic (exact) mass is 155 g/mol. The Morgan fingerprint density at radius 3 is 2.60 bits per heavy atom. The summed E-state index contributed by atoms with van der Waals surface area (Å²) in [6, 6.07) is 1.85. The average Bonchev–Trinajstić information content (AvgIpc) is 1.95. The minimum atomic E-state index is 0.548. The Morgan fingerprint density at radius 2 is 2.10 bits per heavy atom. The van der Waals surface area contributed by atoms with E-state index in [1.165, 1.54) is 5.56 Å². The molecule has 0 radical (unpaired) electrons. The zero-order valence-electron chi connectivity index (χ0n) is 5.96. The topological polar surface area (TPSA) is 22.1 Å². The lowest BCUT2D eigenvalue weighted by molar-refractivity contribution is 0.626. The summed E-state index contributed by atoms with van der Waals surface area (Å²) in [6.45, 7) is 4.01. The van der Waals surface area contributed by atoms with Crippen LogP contribution in [0.4, 0.5) is 0 Å². The van der Waals surface area contributed by atoms with Crippen LogP contribution in [0.15, 0.2) is 12.3 Å². The van der Waals surface area contributed by atoms with Crippen LogP contribution in [0.25, 0.3) is 0 Å². The minimum Gasteiger partial charge on any atom is -0.409 e. The van der Waals surface area contributed by atoms with Gasteiger partial charge in [-0.05, 0) is 25.0 Å². The molecule has 0 unspecified atom stereocenters. The second-order valence-electron chi connectivity index (χ2n) is 2.20. The van der Waals surface area contributed by atoms with Gasteiger partial charge in [0.05, 0.1) is 0 Å². The Labute approximate surface area is 65.9 Å². The molecule has 0 aliphatic carbocycles. The zero-order valence-corrected chi connectivity index (χ0v) is 6.85. The highest BCUT2D eigenvalue weighted by Gasteiger charge is 1.95. The van der Waals surface area contributed by atoms with Crippen molar-refractivity contribution >= 4 is 12.9 Å². The summed E-state index contributed by atoms with van der Waals surface area (Å²) in [6.07, 6.45) is 1.76. The SMILES string of the molecule is Cc1cnc(OS)cc1C. The third-order valence-electron chi connectivity index (χ3n) is 1.44. The first-order chi connectivity index (χ1) is 4.74. The number of aryl methyl sites for hydroxylation is 2. The summed E-state index contributed by atoms with van der Waals surface area (Å²) >= 11 is 3.63. The fourth-order valence-electron chi connectivity index (χ4n) is 0.649. The maximum Gasteiger partial charge on any atom is 0.227 e. The number of rotatable bonds is 1. The predicted octanol–water partition coefficient (Wildman–Crippen LogP) is 1.92. The van der Waals surface area contributed by atoms with E-state index in [0.717, 1.165) is 5.56 Å². The van der Waals surface area contributed by atoms with Crippen molar-refractivity contribution in [2.45, 2.75) is 13.8 Å². The average molecular weight is 155 g/mol. The molecule has 10 heavy (non-hydrogen) atoms. The summed E-state index contributed by atoms with van der Waals surface area (Å²) in [5.41, 5.74) is 2.33. The van der Waals surface area contributed by atoms with Gasteiger partial charge in [0, 0.05) is 25.2 Å². The molecule has 0 amide bonds. The fraction of sp³-hybridized carbons (Fsp3) is 0.286. The van der Waals surface area contributed by atoms with E-state index in [-0.39, 0.29) is 0 Å². The molecular formula is C7H9NOS. The van der Waals surface area contributed by atoms with E-state index >= 15 is 0 Å². The summed E-state index contributed by atoms with van der Waals surface area (Å²) in [4.78, 5) is 3.96. The molecule has 0 fully saturated rings. The second kappa shape index (κ2) is 2.92. The van der Waals surface area contributed by atoms with Crippen LogP contribution in [0.3, 0.4) is 0 Å². The first kappa shape index (κ1) is 7.41. The first-order valence-electron chi connectivity index (χ1n) is 2.98. The van der Waals surface area contributed by atoms with Crippen LogP contribution in [-0.4, -0.2) is 4.98 Å². The van der Waals surface area contributed by atoms with E-state index in [9.17, 15) is 0 Å². The number of thiol groups is 1. The van der Waals surface area contributed by atoms with Crippen molar-refractivity contribution in [1.29, 1.82) is 0 Å². The Balaban J connectivity index is 3.04. The summed E-state index contributed by atoms with van der Waals surface area (Å²) < 4.78 is 4.63. The molecule has 0 spiro atoms. The van der Waals surface area contributed by atoms with Crippen molar-refractivity contribution in [3.05, 3.63) is 23.4 Å². The lowest BCUT2D eigenvalue weighted by Crippen LogP contribution is -1.85. The number of nitrogens with zero attached hydrogens (tertiary/aromatic N) is 1. The lowest BCUT2D eigenvalue weighted by Gasteiger charge is -1.99. The molecule has 0 saturated heterocycles. The Morgan fingerprint density at radius 1 is 1.40 bits per heavy atom. The highest BCUT2D eigenvalue weighted by Crippen LogP contribution is 2.12. The van der Waals surface area contributed by atoms with Gasteiger partial charge in [0.1, 0.15) is 0 Å². The Bertz CT molecular complexity index is 237. The normalized spacial score (nSPS) is 9.50. The molecule has 1 aromatic rings. The molecule has 0 aliphatic heterocycles. The van der Waals surface area contributed by atoms with Crippen LogP contribution >= 0.6 is 12.9 Å². The molecule has 0 N–H and O–H groups in total. The molecule has 0 atom stereocenters. The number of hydrogen-bond donors (Lipinski definition) is 1. The van der Waals surface area contributed by atoms with Crippen LogP contribution in [0.1, 0.15) is 11.1 Å². The highest BCUT2D eigenvalue weighted by molar-refractivity contribution is 7.75. The van der Waals surface area contributed by atoms with Crippen LogP contribution in [0.5, 0.6) is 5.88 Å². The van der Waals surface area contributed by atoms with Crippen LogP contribution < -0.4 is 4.18 Å². The van der Waals surface area contributed by atoms with Crippen molar-refractivity contribution in [3.8, 4) is 5.88 Å². The second-order valence-corrected chi connectivity index (χ2v) is 2.38. The molecule has 1 heterocycles. The smallest absolute Gasteiger partial charge is 0.227 e. The van der Waals surface area contributed by atoms with Gasteiger partial charge >= 0.3 is 0 Å². The molecule has 1 rings (SSSR count). The molecular weight excluding hydrogens is 146 g/mol. The predicted molar refractivity (Wildman–Crippen MR) is 43.3 cm³/mol. The van der Waals surface area contributed by atoms with E-state index < -0.39 is 0 Å². The van der Waals surface area contributed by atoms with Gasteiger partial charge in [0.2, 0.25) is 5.88 Å². The summed E-state index contributed by atoms with van der Waals surface area (Å²) in [5, 5.41) is 0. The number of aromatic nitrogens is 1. The van der Waals surface area contributed by atoms with Crippen molar-refractivity contribution in [3.63, 3.8) is 0 Å². The standard InChI is InChI=1S/C7H9NOS/c1-5-3-7(9-10)8-4-6(5)2/h3-4,10H,1-2H3. The molecule has 0 aliphatic rings. The van der Waals surface area contributed by atoms with E-state index in [4.69, 9.17) is 0 Å². The molecule has 0 aromatic carbocycles. The van der Waals surface area contributed by atoms with E-state index in [2.05, 4.69) is 22.1 Å². The summed E-state index contributed by atoms with van der Waals surface area (Å²) in [5.74, 6) is 0.548. The van der Waals surface area contributed by atoms with Crippen molar-refractivity contribution in [1.82, 2.24) is 4.98 Å². The summed E-state index contributed by atoms with van der Waals surface area (Å²) in [7, 11) is 0. The molecule has 1 aromatic heterocycles. The van der Waals surface area contributed by atoms with Crippen LogP contribution in [0.2, 0.25) is 0 Å². The van der Waals surface area contributed by atoms with Crippen molar-refractivity contribution in [2.24, 2.45) is 0 Å². The quantitative estimate of drug-likeness (QED) is 0.494. The number of pyridine rings is 1. The molecule has 54 valence electrons. The van der Waals surface area contributed by atoms with Gasteiger partial charge < -0.3 is 4.18 Å². The molecule has 0 saturated carbocycles. The van der Waals surface area contributed by atoms with E-state index in [1.54, 1.807) is 6.20 Å². The van der Waals surface area contributed by atoms with Crippen molar-refractivity contribution < 1.29 is 4.18 Å². The molecule has 2 nitrogen and oxygen atoms in total. The van der Waals surface area contributed by atoms with Gasteiger partial charge in [-0.15, -0.1) is 0 Å². The minimum absolute atomic E-state index is 0.548. The molecule has 3 heteroatoms. The van der Waals surface area contributed by atoms with Gasteiger partial charge in [-0.25, -0.2) is 4.98 Å². The lowest BCUT2D eigenvalue weighted by atomic mass is 10.2. The Kier molecular flexibility index (Phi) is 2.17. The van der Waals surface area contributed by atoms with Gasteiger partial charge in [-0.1, -0.05) is 0 Å². The maximum atomic E-state index is 4.63. The van der Waals surface area contributed by atoms with Gasteiger partial charge in [0.25, 0.3) is 0 Å². The molecule has 0 bridgehead atoms. The van der Waals surface area contributed by atoms with Gasteiger partial charge in [-0.3, -0.25) is 0 Å². The third-order valence-corrected chi connectivity index (χ3v) is 1.63. The van der Waals surface area contributed by atoms with Crippen LogP contribution in [0, 0.1) is 13.8 Å². The zero-order chi connectivity index (χ0) is 7.56. The van der Waals surface area contributed by atoms with Gasteiger partial charge in [-0.2, -0.15) is 0 Å². The van der Waals surface area contributed by atoms with E-state index in [0.29, 0.717) is 5.88 Å². The maximum absolute atomic E-state index is 4.63. The van der Waals surface area contributed by atoms with Crippen LogP contribution in [-0.2, 0) is 0 Å².